The van der Waals surface area contributed by atoms with E-state index in [1.54, 1.807) is 67.6 Å². The minimum Gasteiger partial charge on any atom is -0.493 e. The molecule has 1 saturated carbocycles. The molecule has 9 rings (SSSR count). The summed E-state index contributed by atoms with van der Waals surface area (Å²) in [5.74, 6) is -1.53. The van der Waals surface area contributed by atoms with Gasteiger partial charge in [-0.05, 0) is 107 Å². The molecule has 5 N–H and O–H groups in total. The highest BCUT2D eigenvalue weighted by atomic mass is 16.6. The summed E-state index contributed by atoms with van der Waals surface area (Å²) in [4.78, 5) is 130. The number of aliphatic hydroxyl groups excluding tert-OH is 1. The standard InChI is InChI=1S/C83H117N9O23/c1-55(2)76(88-74(94)23-28-105-30-32-107-34-36-109-38-40-111-42-43-112-41-39-110-37-35-108-33-31-106-29-24-84-73(93)22-25-89-75(95)48-63(79(89)98)60-16-12-9-8-10-13-17-60)78(97)86-58(5)77(96)87-61-20-18-59(19-21-61)54-115-83(102)92-67-50-72(70(104-7)47-65(67)81(100)91-53-57(4)45-68(91)82(92)101)114-27-15-11-14-26-113-71-49-66-64(46-69(71)103-6)80(99)90-52-56(3)44-62(90)51-85-66/h18-21,46-47,49-53,55,58,60,62-63,68,76,82,101H,8-17,22-45,48,54H2,1-7H3,(H,84,93)(H,86,97)(H,87,96)(H,88,94)/t58-,62?,63?,68-,76-,82-/m0/s1. The highest BCUT2D eigenvalue weighted by Crippen LogP contribution is 2.43. The number of imide groups is 1. The van der Waals surface area contributed by atoms with Gasteiger partial charge in [0, 0.05) is 68.8 Å². The normalized spacial score (nSPS) is 18.6. The summed E-state index contributed by atoms with van der Waals surface area (Å²) in [5.41, 5.74) is 3.92. The van der Waals surface area contributed by atoms with Crippen LogP contribution in [0.5, 0.6) is 23.0 Å². The molecule has 32 nitrogen and oxygen atoms in total. The molecule has 0 radical (unpaired) electrons. The Morgan fingerprint density at radius 3 is 1.70 bits per heavy atom. The van der Waals surface area contributed by atoms with Crippen LogP contribution >= 0.6 is 0 Å². The molecule has 0 aromatic heterocycles. The third-order valence-corrected chi connectivity index (χ3v) is 20.6. The van der Waals surface area contributed by atoms with E-state index < -0.39 is 54.1 Å². The molecule has 1 saturated heterocycles. The van der Waals surface area contributed by atoms with Crippen LogP contribution in [0, 0.1) is 17.8 Å². The van der Waals surface area contributed by atoms with Crippen molar-refractivity contribution < 1.29 is 110 Å². The fourth-order valence-electron chi connectivity index (χ4n) is 14.3. The van der Waals surface area contributed by atoms with Gasteiger partial charge in [0.1, 0.15) is 18.7 Å². The van der Waals surface area contributed by atoms with E-state index in [1.165, 1.54) is 62.3 Å². The minimum absolute atomic E-state index is 0.0136. The summed E-state index contributed by atoms with van der Waals surface area (Å²) < 4.78 is 73.9. The quantitative estimate of drug-likeness (QED) is 0.0263. The zero-order chi connectivity index (χ0) is 82.0. The van der Waals surface area contributed by atoms with Crippen molar-refractivity contribution >= 4 is 76.6 Å². The number of anilines is 2. The van der Waals surface area contributed by atoms with E-state index in [1.807, 2.05) is 20.0 Å². The third-order valence-electron chi connectivity index (χ3n) is 20.6. The van der Waals surface area contributed by atoms with Gasteiger partial charge < -0.3 is 97.8 Å². The lowest BCUT2D eigenvalue weighted by atomic mass is 9.81. The van der Waals surface area contributed by atoms with Crippen molar-refractivity contribution in [2.24, 2.45) is 22.7 Å². The second-order valence-electron chi connectivity index (χ2n) is 29.6. The fraction of sp³-hybridized carbons (Fsp3) is 0.614. The van der Waals surface area contributed by atoms with Gasteiger partial charge in [0.05, 0.1) is 174 Å². The van der Waals surface area contributed by atoms with Crippen molar-refractivity contribution in [3.8, 4) is 23.0 Å². The van der Waals surface area contributed by atoms with Crippen molar-refractivity contribution in [2.45, 2.75) is 168 Å². The maximum Gasteiger partial charge on any atom is 0.416 e. The highest BCUT2D eigenvalue weighted by molar-refractivity contribution is 6.07. The number of ether oxygens (including phenoxy) is 13. The fourth-order valence-corrected chi connectivity index (χ4v) is 14.3. The molecule has 32 heteroatoms. The second-order valence-corrected chi connectivity index (χ2v) is 29.6. The number of unbranched alkanes of at least 4 members (excludes halogenated alkanes) is 2. The first-order valence-corrected chi connectivity index (χ1v) is 40.3. The molecule has 9 amide bonds. The zero-order valence-electron chi connectivity index (χ0n) is 67.6. The number of likely N-dealkylation sites (tertiary alicyclic amines) is 1. The first-order chi connectivity index (χ1) is 55.7. The van der Waals surface area contributed by atoms with Crippen LogP contribution in [0.3, 0.4) is 0 Å². The lowest BCUT2D eigenvalue weighted by Crippen LogP contribution is -2.53. The van der Waals surface area contributed by atoms with Gasteiger partial charge in [-0.15, -0.1) is 0 Å². The van der Waals surface area contributed by atoms with Crippen LogP contribution < -0.4 is 45.1 Å². The van der Waals surface area contributed by atoms with E-state index in [2.05, 4.69) is 26.3 Å². The molecule has 6 atom stereocenters. The molecule has 0 spiro atoms. The Labute approximate surface area is 673 Å². The van der Waals surface area contributed by atoms with Crippen molar-refractivity contribution in [3.05, 3.63) is 88.8 Å². The smallest absolute Gasteiger partial charge is 0.416 e. The molecular weight excluding hydrogens is 1490 g/mol. The molecule has 0 bridgehead atoms. The van der Waals surface area contributed by atoms with Crippen LogP contribution in [0.15, 0.2) is 77.1 Å². The molecule has 6 aliphatic rings. The topological polar surface area (TPSA) is 367 Å². The van der Waals surface area contributed by atoms with E-state index in [0.29, 0.717) is 159 Å². The van der Waals surface area contributed by atoms with E-state index in [4.69, 9.17) is 61.6 Å². The molecule has 5 aliphatic heterocycles. The average molecular weight is 1610 g/mol. The van der Waals surface area contributed by atoms with Gasteiger partial charge in [-0.1, -0.05) is 69.2 Å². The number of carbonyl (C=O) groups excluding carboxylic acids is 9. The molecule has 3 aromatic rings. The van der Waals surface area contributed by atoms with Crippen molar-refractivity contribution in [1.29, 1.82) is 0 Å². The number of aliphatic imine (C=N–C) groups is 1. The van der Waals surface area contributed by atoms with Gasteiger partial charge in [0.2, 0.25) is 35.4 Å². The summed E-state index contributed by atoms with van der Waals surface area (Å²) in [5, 5.41) is 23.0. The number of hydrogen-bond acceptors (Lipinski definition) is 24. The lowest BCUT2D eigenvalue weighted by molar-refractivity contribution is -0.140. The van der Waals surface area contributed by atoms with Crippen LogP contribution in [0.2, 0.25) is 0 Å². The molecule has 2 unspecified atom stereocenters. The van der Waals surface area contributed by atoms with Crippen molar-refractivity contribution in [2.75, 3.05) is 156 Å². The largest absolute Gasteiger partial charge is 0.493 e. The number of nitrogens with zero attached hydrogens (tertiary/aromatic N) is 5. The highest BCUT2D eigenvalue weighted by Gasteiger charge is 2.46. The number of hydrogen-bond donors (Lipinski definition) is 5. The predicted octanol–water partition coefficient (Wildman–Crippen LogP) is 8.11. The van der Waals surface area contributed by atoms with Crippen molar-refractivity contribution in [3.63, 3.8) is 0 Å². The van der Waals surface area contributed by atoms with Gasteiger partial charge in [-0.3, -0.25) is 48.2 Å². The molecule has 5 heterocycles. The Morgan fingerprint density at radius 2 is 1.10 bits per heavy atom. The summed E-state index contributed by atoms with van der Waals surface area (Å²) in [7, 11) is 2.96. The number of benzene rings is 3. The van der Waals surface area contributed by atoms with Crippen LogP contribution in [-0.2, 0) is 78.0 Å². The van der Waals surface area contributed by atoms with E-state index >= 15 is 0 Å². The van der Waals surface area contributed by atoms with Crippen LogP contribution in [0.25, 0.3) is 0 Å². The SMILES string of the molecule is COc1cc2c(cc1OCCCCCOc1cc3c(cc1OC)C(=O)N1C=C(C)C[C@H]1[C@H](O)N3C(=O)OCc1ccc(NC(=O)[C@H](C)NC(=O)[C@@H](NC(=O)CCOCCOCCOCCOCCOCCOCCOCCOCCNC(=O)CCN3C(=O)CC(C4CCCCCCC4)C3=O)C(C)C)cc1)N=CC1CC(C)=CN1C2=O. The van der Waals surface area contributed by atoms with Gasteiger partial charge in [-0.2, -0.15) is 0 Å². The summed E-state index contributed by atoms with van der Waals surface area (Å²) in [6.45, 7) is 15.1. The third kappa shape index (κ3) is 27.2. The number of methoxy groups -OCH3 is 2. The first kappa shape index (κ1) is 89.8. The molecule has 632 valence electrons. The van der Waals surface area contributed by atoms with Crippen molar-refractivity contribution in [1.82, 2.24) is 30.7 Å². The summed E-state index contributed by atoms with van der Waals surface area (Å²) in [6.07, 6.45) is 13.9. The van der Waals surface area contributed by atoms with E-state index in [-0.39, 0.29) is 129 Å². The Hall–Kier alpha value is -9.12. The van der Waals surface area contributed by atoms with Crippen LogP contribution in [-0.4, -0.2) is 256 Å². The number of rotatable bonds is 49. The molecular formula is C83H117N9O23. The Balaban J connectivity index is 0.570. The Morgan fingerprint density at radius 1 is 0.565 bits per heavy atom. The van der Waals surface area contributed by atoms with Gasteiger partial charge in [0.15, 0.2) is 29.2 Å². The summed E-state index contributed by atoms with van der Waals surface area (Å²) in [6, 6.07) is 9.94. The molecule has 1 aliphatic carbocycles. The minimum atomic E-state index is -1.53. The Bertz CT molecular complexity index is 3810. The number of amides is 9. The second kappa shape index (κ2) is 47.2. The van der Waals surface area contributed by atoms with E-state index in [9.17, 15) is 48.3 Å². The number of fused-ring (bicyclic) bond motifs is 4. The van der Waals surface area contributed by atoms with E-state index in [0.717, 1.165) is 48.2 Å². The number of nitrogens with one attached hydrogen (secondary N) is 4. The van der Waals surface area contributed by atoms with Gasteiger partial charge in [-0.25, -0.2) is 9.69 Å². The van der Waals surface area contributed by atoms with Gasteiger partial charge in [0.25, 0.3) is 11.8 Å². The molecule has 115 heavy (non-hydrogen) atoms. The first-order valence-electron chi connectivity index (χ1n) is 40.3. The summed E-state index contributed by atoms with van der Waals surface area (Å²) >= 11 is 0. The maximum absolute atomic E-state index is 14.3. The predicted molar refractivity (Wildman–Crippen MR) is 423 cm³/mol. The van der Waals surface area contributed by atoms with Crippen LogP contribution in [0.4, 0.5) is 21.9 Å². The average Bonchev–Trinajstić information content (AvgIpc) is 1.61. The number of carbonyl (C=O) groups is 9. The molecule has 3 aromatic carbocycles. The maximum atomic E-state index is 14.3. The monoisotopic (exact) mass is 1610 g/mol. The lowest BCUT2D eigenvalue weighted by Gasteiger charge is -2.31. The number of aliphatic hydroxyl groups is 1. The molecule has 2 fully saturated rings. The Kier molecular flexibility index (Phi) is 36.8. The van der Waals surface area contributed by atoms with Gasteiger partial charge >= 0.3 is 6.09 Å². The van der Waals surface area contributed by atoms with Crippen LogP contribution in [0.1, 0.15) is 157 Å². The zero-order valence-corrected chi connectivity index (χ0v) is 67.6.